The topological polar surface area (TPSA) is 38.7 Å². The summed E-state index contributed by atoms with van der Waals surface area (Å²) in [5, 5.41) is 10.4. The third-order valence-corrected chi connectivity index (χ3v) is 5.50. The highest BCUT2D eigenvalue weighted by Gasteiger charge is 2.32. The number of aromatic hydroxyl groups is 1. The van der Waals surface area contributed by atoms with Gasteiger partial charge in [0.2, 0.25) is 0 Å². The molecule has 0 unspecified atom stereocenters. The van der Waals surface area contributed by atoms with Gasteiger partial charge >= 0.3 is 0 Å². The maximum absolute atomic E-state index is 10.4. The predicted octanol–water partition coefficient (Wildman–Crippen LogP) is 4.78. The van der Waals surface area contributed by atoms with E-state index in [1.165, 1.54) is 11.1 Å². The summed E-state index contributed by atoms with van der Waals surface area (Å²) in [4.78, 5) is 0. The van der Waals surface area contributed by atoms with Crippen LogP contribution in [-0.2, 0) is 19.3 Å². The number of ether oxygens (including phenoxy) is 2. The second-order valence-electron chi connectivity index (χ2n) is 7.85. The molecular weight excluding hydrogens is 312 g/mol. The first-order chi connectivity index (χ1) is 12.0. The van der Waals surface area contributed by atoms with Crippen LogP contribution < -0.4 is 9.47 Å². The van der Waals surface area contributed by atoms with Gasteiger partial charge < -0.3 is 14.6 Å². The first-order valence-corrected chi connectivity index (χ1v) is 9.25. The van der Waals surface area contributed by atoms with Gasteiger partial charge in [-0.2, -0.15) is 0 Å². The molecule has 4 rings (SSSR count). The van der Waals surface area contributed by atoms with Crippen molar-refractivity contribution in [1.29, 1.82) is 0 Å². The predicted molar refractivity (Wildman–Crippen MR) is 98.9 cm³/mol. The number of phenolic OH excluding ortho intramolecular Hbond substituents is 1. The number of phenols is 1. The van der Waals surface area contributed by atoms with E-state index in [1.54, 1.807) is 0 Å². The van der Waals surface area contributed by atoms with Gasteiger partial charge in [0.25, 0.3) is 0 Å². The summed E-state index contributed by atoms with van der Waals surface area (Å²) in [7, 11) is 0. The van der Waals surface area contributed by atoms with Crippen LogP contribution in [0.2, 0.25) is 0 Å². The van der Waals surface area contributed by atoms with Crippen molar-refractivity contribution in [3.63, 3.8) is 0 Å². The number of benzene rings is 2. The third-order valence-electron chi connectivity index (χ3n) is 5.50. The minimum Gasteiger partial charge on any atom is -0.508 e. The number of hydrogen-bond donors (Lipinski definition) is 1. The first-order valence-electron chi connectivity index (χ1n) is 9.25. The van der Waals surface area contributed by atoms with Crippen molar-refractivity contribution in [1.82, 2.24) is 0 Å². The molecule has 1 atom stereocenters. The van der Waals surface area contributed by atoms with Crippen LogP contribution in [0.3, 0.4) is 0 Å². The van der Waals surface area contributed by atoms with Gasteiger partial charge in [-0.05, 0) is 62.8 Å². The minimum absolute atomic E-state index is 0.106. The molecule has 2 heterocycles. The van der Waals surface area contributed by atoms with Crippen molar-refractivity contribution in [3.05, 3.63) is 52.6 Å². The Hall–Kier alpha value is -2.16. The van der Waals surface area contributed by atoms with Crippen LogP contribution in [-0.4, -0.2) is 17.3 Å². The largest absolute Gasteiger partial charge is 0.508 e. The van der Waals surface area contributed by atoms with Crippen LogP contribution in [0.4, 0.5) is 0 Å². The van der Waals surface area contributed by atoms with E-state index < -0.39 is 0 Å². The second kappa shape index (κ2) is 5.98. The zero-order valence-electron chi connectivity index (χ0n) is 15.3. The standard InChI is InChI=1S/C22H26O3/c1-4-14-5-7-17(19(23)11-14)16-12-15-6-8-20-18(21(15)24-13-16)9-10-22(2,3)25-20/h5-8,11,16,23H,4,9-10,12-13H2,1-3H3/t16-/m0/s1. The van der Waals surface area contributed by atoms with Gasteiger partial charge in [-0.1, -0.05) is 25.1 Å². The molecule has 2 aliphatic heterocycles. The van der Waals surface area contributed by atoms with Crippen molar-refractivity contribution in [2.75, 3.05) is 6.61 Å². The Morgan fingerprint density at radius 3 is 2.80 bits per heavy atom. The lowest BCUT2D eigenvalue weighted by Gasteiger charge is -2.35. The molecule has 0 spiro atoms. The molecule has 2 aromatic carbocycles. The molecule has 0 amide bonds. The van der Waals surface area contributed by atoms with E-state index in [4.69, 9.17) is 9.47 Å². The van der Waals surface area contributed by atoms with Crippen molar-refractivity contribution in [2.45, 2.75) is 58.0 Å². The van der Waals surface area contributed by atoms with Crippen LogP contribution in [0.25, 0.3) is 0 Å². The molecule has 3 heteroatoms. The zero-order chi connectivity index (χ0) is 17.6. The Morgan fingerprint density at radius 1 is 1.20 bits per heavy atom. The SMILES string of the molecule is CCc1ccc([C@@H]2COc3c(ccc4c3CCC(C)(C)O4)C2)c(O)c1. The smallest absolute Gasteiger partial charge is 0.129 e. The molecule has 2 aromatic rings. The van der Waals surface area contributed by atoms with E-state index in [0.717, 1.165) is 48.3 Å². The number of fused-ring (bicyclic) bond motifs is 3. The third kappa shape index (κ3) is 2.97. The summed E-state index contributed by atoms with van der Waals surface area (Å²) in [6, 6.07) is 10.2. The van der Waals surface area contributed by atoms with Gasteiger partial charge in [-0.15, -0.1) is 0 Å². The average molecular weight is 338 g/mol. The van der Waals surface area contributed by atoms with Gasteiger partial charge in [0.05, 0.1) is 6.61 Å². The van der Waals surface area contributed by atoms with Crippen molar-refractivity contribution >= 4 is 0 Å². The van der Waals surface area contributed by atoms with Crippen LogP contribution in [0.1, 0.15) is 55.4 Å². The Morgan fingerprint density at radius 2 is 2.04 bits per heavy atom. The minimum atomic E-state index is -0.106. The average Bonchev–Trinajstić information content (AvgIpc) is 2.60. The lowest BCUT2D eigenvalue weighted by Crippen LogP contribution is -2.33. The summed E-state index contributed by atoms with van der Waals surface area (Å²) in [5.41, 5.74) is 4.47. The molecular formula is C22H26O3. The van der Waals surface area contributed by atoms with Crippen molar-refractivity contribution in [2.24, 2.45) is 0 Å². The van der Waals surface area contributed by atoms with Crippen molar-refractivity contribution < 1.29 is 14.6 Å². The van der Waals surface area contributed by atoms with Crippen LogP contribution >= 0.6 is 0 Å². The van der Waals surface area contributed by atoms with Crippen LogP contribution in [0, 0.1) is 0 Å². The Labute approximate surface area is 149 Å². The lowest BCUT2D eigenvalue weighted by molar-refractivity contribution is 0.0826. The summed E-state index contributed by atoms with van der Waals surface area (Å²) in [6.45, 7) is 6.97. The lowest BCUT2D eigenvalue weighted by atomic mass is 9.86. The highest BCUT2D eigenvalue weighted by atomic mass is 16.5. The van der Waals surface area contributed by atoms with E-state index in [0.29, 0.717) is 12.4 Å². The zero-order valence-corrected chi connectivity index (χ0v) is 15.3. The van der Waals surface area contributed by atoms with E-state index in [9.17, 15) is 5.11 Å². The molecule has 0 aliphatic carbocycles. The maximum Gasteiger partial charge on any atom is 0.129 e. The fourth-order valence-electron chi connectivity index (χ4n) is 3.97. The Kier molecular flexibility index (Phi) is 3.90. The monoisotopic (exact) mass is 338 g/mol. The summed E-state index contributed by atoms with van der Waals surface area (Å²) >= 11 is 0. The molecule has 0 radical (unpaired) electrons. The summed E-state index contributed by atoms with van der Waals surface area (Å²) < 4.78 is 12.3. The summed E-state index contributed by atoms with van der Waals surface area (Å²) in [6.07, 6.45) is 3.82. The molecule has 0 aromatic heterocycles. The molecule has 2 aliphatic rings. The van der Waals surface area contributed by atoms with Crippen LogP contribution in [0.5, 0.6) is 17.2 Å². The van der Waals surface area contributed by atoms with Gasteiger partial charge in [-0.25, -0.2) is 0 Å². The quantitative estimate of drug-likeness (QED) is 0.857. The number of rotatable bonds is 2. The molecule has 25 heavy (non-hydrogen) atoms. The molecule has 3 nitrogen and oxygen atoms in total. The second-order valence-corrected chi connectivity index (χ2v) is 7.85. The number of hydrogen-bond acceptors (Lipinski definition) is 3. The van der Waals surface area contributed by atoms with Gasteiger partial charge in [0.15, 0.2) is 0 Å². The van der Waals surface area contributed by atoms with Crippen molar-refractivity contribution in [3.8, 4) is 17.2 Å². The Balaban J connectivity index is 1.63. The number of aryl methyl sites for hydroxylation is 1. The van der Waals surface area contributed by atoms with E-state index in [1.807, 2.05) is 6.07 Å². The molecule has 132 valence electrons. The van der Waals surface area contributed by atoms with Gasteiger partial charge in [0.1, 0.15) is 22.8 Å². The summed E-state index contributed by atoms with van der Waals surface area (Å²) in [5.74, 6) is 2.55. The molecule has 0 saturated carbocycles. The first kappa shape index (κ1) is 16.3. The van der Waals surface area contributed by atoms with Crippen LogP contribution in [0.15, 0.2) is 30.3 Å². The van der Waals surface area contributed by atoms with E-state index >= 15 is 0 Å². The molecule has 0 saturated heterocycles. The Bertz CT molecular complexity index is 807. The maximum atomic E-state index is 10.4. The molecule has 1 N–H and O–H groups in total. The fraction of sp³-hybridized carbons (Fsp3) is 0.455. The van der Waals surface area contributed by atoms with Gasteiger partial charge in [0, 0.05) is 17.0 Å². The van der Waals surface area contributed by atoms with E-state index in [2.05, 4.69) is 45.0 Å². The molecule has 0 bridgehead atoms. The van der Waals surface area contributed by atoms with Gasteiger partial charge in [-0.3, -0.25) is 0 Å². The fourth-order valence-corrected chi connectivity index (χ4v) is 3.97. The highest BCUT2D eigenvalue weighted by Crippen LogP contribution is 2.44. The normalized spacial score (nSPS) is 20.8. The van der Waals surface area contributed by atoms with E-state index in [-0.39, 0.29) is 11.5 Å². The molecule has 0 fully saturated rings. The highest BCUT2D eigenvalue weighted by molar-refractivity contribution is 5.53.